The number of hydrogen-bond acceptors (Lipinski definition) is 4. The lowest BCUT2D eigenvalue weighted by Gasteiger charge is -1.96. The number of aryl methyl sites for hydroxylation is 2. The third kappa shape index (κ3) is 1.76. The molecule has 2 aromatic rings. The van der Waals surface area contributed by atoms with Crippen LogP contribution in [0.2, 0.25) is 0 Å². The molecule has 0 radical (unpaired) electrons. The number of nitrogens with one attached hydrogen (secondary N) is 1. The lowest BCUT2D eigenvalue weighted by molar-refractivity contribution is 0.564. The van der Waals surface area contributed by atoms with Crippen molar-refractivity contribution < 1.29 is 4.42 Å². The fourth-order valence-corrected chi connectivity index (χ4v) is 1.11. The van der Waals surface area contributed by atoms with Gasteiger partial charge in [0.25, 0.3) is 0 Å². The third-order valence-electron chi connectivity index (χ3n) is 2.01. The maximum absolute atomic E-state index is 4.95. The third-order valence-corrected chi connectivity index (χ3v) is 2.01. The molecule has 5 heteroatoms. The minimum atomic E-state index is 0.645. The smallest absolute Gasteiger partial charge is 0.242 e. The van der Waals surface area contributed by atoms with Crippen LogP contribution in [0.15, 0.2) is 23.0 Å². The van der Waals surface area contributed by atoms with Crippen molar-refractivity contribution in [3.05, 3.63) is 30.0 Å². The van der Waals surface area contributed by atoms with Crippen LogP contribution in [0.25, 0.3) is 0 Å². The molecule has 1 N–H and O–H groups in total. The molecule has 0 spiro atoms. The lowest BCUT2D eigenvalue weighted by Crippen LogP contribution is -2.00. The SMILES string of the molecule is Cc1nc(NCc2ccoc2)nn1C. The fourth-order valence-electron chi connectivity index (χ4n) is 1.11. The summed E-state index contributed by atoms with van der Waals surface area (Å²) in [5, 5.41) is 7.28. The van der Waals surface area contributed by atoms with Crippen LogP contribution in [0.5, 0.6) is 0 Å². The van der Waals surface area contributed by atoms with Gasteiger partial charge in [-0.15, -0.1) is 5.10 Å². The standard InChI is InChI=1S/C9H12N4O/c1-7-11-9(12-13(7)2)10-5-8-3-4-14-6-8/h3-4,6H,5H2,1-2H3,(H,10,12). The molecular weight excluding hydrogens is 180 g/mol. The van der Waals surface area contributed by atoms with Crippen LogP contribution in [0, 0.1) is 6.92 Å². The van der Waals surface area contributed by atoms with Gasteiger partial charge in [0.2, 0.25) is 5.95 Å². The van der Waals surface area contributed by atoms with E-state index >= 15 is 0 Å². The Morgan fingerprint density at radius 1 is 1.57 bits per heavy atom. The summed E-state index contributed by atoms with van der Waals surface area (Å²) in [6.07, 6.45) is 3.34. The Morgan fingerprint density at radius 2 is 2.43 bits per heavy atom. The molecule has 2 aromatic heterocycles. The summed E-state index contributed by atoms with van der Waals surface area (Å²) >= 11 is 0. The van der Waals surface area contributed by atoms with Gasteiger partial charge in [0.15, 0.2) is 0 Å². The molecule has 0 aromatic carbocycles. The molecule has 0 aliphatic heterocycles. The number of hydrogen-bond donors (Lipinski definition) is 1. The molecule has 0 bridgehead atoms. The van der Waals surface area contributed by atoms with Gasteiger partial charge in [-0.1, -0.05) is 0 Å². The number of furan rings is 1. The molecule has 2 rings (SSSR count). The topological polar surface area (TPSA) is 55.9 Å². The predicted octanol–water partition coefficient (Wildman–Crippen LogP) is 1.33. The Labute approximate surface area is 81.8 Å². The highest BCUT2D eigenvalue weighted by Gasteiger charge is 2.02. The van der Waals surface area contributed by atoms with Crippen LogP contribution >= 0.6 is 0 Å². The monoisotopic (exact) mass is 192 g/mol. The summed E-state index contributed by atoms with van der Waals surface area (Å²) < 4.78 is 6.68. The molecule has 0 fully saturated rings. The van der Waals surface area contributed by atoms with Crippen LogP contribution < -0.4 is 5.32 Å². The van der Waals surface area contributed by atoms with Crippen molar-refractivity contribution in [2.45, 2.75) is 13.5 Å². The molecule has 0 aliphatic rings. The Balaban J connectivity index is 1.98. The number of rotatable bonds is 3. The van der Waals surface area contributed by atoms with Gasteiger partial charge in [-0.25, -0.2) is 0 Å². The van der Waals surface area contributed by atoms with Gasteiger partial charge in [0, 0.05) is 19.2 Å². The van der Waals surface area contributed by atoms with Gasteiger partial charge in [0.05, 0.1) is 12.5 Å². The highest BCUT2D eigenvalue weighted by Crippen LogP contribution is 2.05. The van der Waals surface area contributed by atoms with E-state index in [0.717, 1.165) is 11.4 Å². The average molecular weight is 192 g/mol. The molecule has 0 saturated heterocycles. The van der Waals surface area contributed by atoms with Crippen molar-refractivity contribution in [1.82, 2.24) is 14.8 Å². The molecule has 74 valence electrons. The molecule has 14 heavy (non-hydrogen) atoms. The van der Waals surface area contributed by atoms with Crippen molar-refractivity contribution >= 4 is 5.95 Å². The van der Waals surface area contributed by atoms with E-state index in [0.29, 0.717) is 12.5 Å². The van der Waals surface area contributed by atoms with Gasteiger partial charge >= 0.3 is 0 Å². The van der Waals surface area contributed by atoms with E-state index in [2.05, 4.69) is 15.4 Å². The van der Waals surface area contributed by atoms with E-state index in [-0.39, 0.29) is 0 Å². The zero-order valence-electron chi connectivity index (χ0n) is 8.19. The maximum Gasteiger partial charge on any atom is 0.242 e. The number of aromatic nitrogens is 3. The van der Waals surface area contributed by atoms with E-state index in [1.165, 1.54) is 0 Å². The second kappa shape index (κ2) is 3.53. The zero-order valence-corrected chi connectivity index (χ0v) is 8.19. The minimum Gasteiger partial charge on any atom is -0.472 e. The quantitative estimate of drug-likeness (QED) is 0.797. The number of nitrogens with zero attached hydrogens (tertiary/aromatic N) is 3. The highest BCUT2D eigenvalue weighted by molar-refractivity contribution is 5.25. The minimum absolute atomic E-state index is 0.645. The normalized spacial score (nSPS) is 10.4. The predicted molar refractivity (Wildman–Crippen MR) is 51.8 cm³/mol. The van der Waals surface area contributed by atoms with Crippen LogP contribution in [-0.4, -0.2) is 14.8 Å². The first-order valence-corrected chi connectivity index (χ1v) is 4.38. The first-order valence-electron chi connectivity index (χ1n) is 4.38. The van der Waals surface area contributed by atoms with E-state index in [1.54, 1.807) is 17.2 Å². The largest absolute Gasteiger partial charge is 0.472 e. The van der Waals surface area contributed by atoms with Gasteiger partial charge in [-0.05, 0) is 13.0 Å². The van der Waals surface area contributed by atoms with Crippen LogP contribution in [0.4, 0.5) is 5.95 Å². The van der Waals surface area contributed by atoms with Crippen molar-refractivity contribution in [1.29, 1.82) is 0 Å². The van der Waals surface area contributed by atoms with E-state index in [4.69, 9.17) is 4.42 Å². The molecule has 5 nitrogen and oxygen atoms in total. The zero-order chi connectivity index (χ0) is 9.97. The van der Waals surface area contributed by atoms with Gasteiger partial charge in [0.1, 0.15) is 5.82 Å². The molecule has 0 amide bonds. The van der Waals surface area contributed by atoms with Gasteiger partial charge < -0.3 is 9.73 Å². The molecule has 0 unspecified atom stereocenters. The summed E-state index contributed by atoms with van der Waals surface area (Å²) in [4.78, 5) is 4.22. The lowest BCUT2D eigenvalue weighted by atomic mass is 10.3. The summed E-state index contributed by atoms with van der Waals surface area (Å²) in [6.45, 7) is 2.59. The maximum atomic E-state index is 4.95. The summed E-state index contributed by atoms with van der Waals surface area (Å²) in [5.74, 6) is 1.53. The van der Waals surface area contributed by atoms with E-state index < -0.39 is 0 Å². The Bertz CT molecular complexity index is 385. The van der Waals surface area contributed by atoms with Gasteiger partial charge in [-0.3, -0.25) is 4.68 Å². The Morgan fingerprint density at radius 3 is 3.00 bits per heavy atom. The number of anilines is 1. The van der Waals surface area contributed by atoms with Gasteiger partial charge in [-0.2, -0.15) is 4.98 Å². The van der Waals surface area contributed by atoms with E-state index in [1.807, 2.05) is 20.0 Å². The second-order valence-corrected chi connectivity index (χ2v) is 3.09. The fraction of sp³-hybridized carbons (Fsp3) is 0.333. The molecule has 0 atom stereocenters. The summed E-state index contributed by atoms with van der Waals surface area (Å²) in [6, 6.07) is 1.91. The Kier molecular flexibility index (Phi) is 2.22. The average Bonchev–Trinajstić information content (AvgIpc) is 2.74. The van der Waals surface area contributed by atoms with Crippen molar-refractivity contribution in [3.8, 4) is 0 Å². The Hall–Kier alpha value is -1.78. The second-order valence-electron chi connectivity index (χ2n) is 3.09. The first-order chi connectivity index (χ1) is 6.75. The van der Waals surface area contributed by atoms with Crippen molar-refractivity contribution in [3.63, 3.8) is 0 Å². The molecule has 0 saturated carbocycles. The molecule has 2 heterocycles. The highest BCUT2D eigenvalue weighted by atomic mass is 16.3. The molecular formula is C9H12N4O. The summed E-state index contributed by atoms with van der Waals surface area (Å²) in [7, 11) is 1.87. The van der Waals surface area contributed by atoms with Crippen LogP contribution in [0.1, 0.15) is 11.4 Å². The summed E-state index contributed by atoms with van der Waals surface area (Å²) in [5.41, 5.74) is 1.08. The van der Waals surface area contributed by atoms with Crippen LogP contribution in [0.3, 0.4) is 0 Å². The van der Waals surface area contributed by atoms with Crippen LogP contribution in [-0.2, 0) is 13.6 Å². The van der Waals surface area contributed by atoms with E-state index in [9.17, 15) is 0 Å². The molecule has 0 aliphatic carbocycles. The first kappa shape index (κ1) is 8.80. The van der Waals surface area contributed by atoms with Crippen molar-refractivity contribution in [2.75, 3.05) is 5.32 Å². The van der Waals surface area contributed by atoms with Crippen molar-refractivity contribution in [2.24, 2.45) is 7.05 Å².